The maximum absolute atomic E-state index is 5.78. The van der Waals surface area contributed by atoms with E-state index in [0.29, 0.717) is 5.25 Å². The summed E-state index contributed by atoms with van der Waals surface area (Å²) < 4.78 is 5.03. The SMILES string of the molecule is COCCCSC(CN)c1ccc(C)s1. The summed E-state index contributed by atoms with van der Waals surface area (Å²) in [6.45, 7) is 3.70. The van der Waals surface area contributed by atoms with Crippen LogP contribution < -0.4 is 5.73 Å². The zero-order valence-corrected chi connectivity index (χ0v) is 11.0. The van der Waals surface area contributed by atoms with Gasteiger partial charge in [-0.25, -0.2) is 0 Å². The summed E-state index contributed by atoms with van der Waals surface area (Å²) in [6.07, 6.45) is 1.10. The second-order valence-corrected chi connectivity index (χ2v) is 6.02. The van der Waals surface area contributed by atoms with Crippen LogP contribution in [0.4, 0.5) is 0 Å². The predicted molar refractivity (Wildman–Crippen MR) is 69.8 cm³/mol. The van der Waals surface area contributed by atoms with Crippen molar-refractivity contribution in [3.05, 3.63) is 21.9 Å². The quantitative estimate of drug-likeness (QED) is 0.750. The first-order valence-corrected chi connectivity index (χ1v) is 7.01. The van der Waals surface area contributed by atoms with Crippen LogP contribution in [0.1, 0.15) is 21.4 Å². The first-order valence-electron chi connectivity index (χ1n) is 5.15. The van der Waals surface area contributed by atoms with Gasteiger partial charge in [0.15, 0.2) is 0 Å². The highest BCUT2D eigenvalue weighted by atomic mass is 32.2. The Kier molecular flexibility index (Phi) is 6.32. The molecule has 1 atom stereocenters. The third kappa shape index (κ3) is 4.55. The minimum absolute atomic E-state index is 0.459. The van der Waals surface area contributed by atoms with Crippen LogP contribution in [0.25, 0.3) is 0 Å². The van der Waals surface area contributed by atoms with E-state index in [1.54, 1.807) is 7.11 Å². The van der Waals surface area contributed by atoms with Crippen molar-refractivity contribution in [2.45, 2.75) is 18.6 Å². The number of methoxy groups -OCH3 is 1. The zero-order valence-electron chi connectivity index (χ0n) is 9.36. The average Bonchev–Trinajstić information content (AvgIpc) is 2.65. The lowest BCUT2D eigenvalue weighted by molar-refractivity contribution is 0.200. The molecule has 0 fully saturated rings. The van der Waals surface area contributed by atoms with Gasteiger partial charge in [-0.15, -0.1) is 11.3 Å². The van der Waals surface area contributed by atoms with Gasteiger partial charge in [-0.3, -0.25) is 0 Å². The fourth-order valence-corrected chi connectivity index (χ4v) is 3.49. The third-order valence-electron chi connectivity index (χ3n) is 2.10. The molecule has 0 spiro atoms. The van der Waals surface area contributed by atoms with Gasteiger partial charge in [0.25, 0.3) is 0 Å². The van der Waals surface area contributed by atoms with Gasteiger partial charge in [-0.2, -0.15) is 11.8 Å². The van der Waals surface area contributed by atoms with Gasteiger partial charge in [0.05, 0.1) is 5.25 Å². The predicted octanol–water partition coefficient (Wildman–Crippen LogP) is 2.83. The molecule has 86 valence electrons. The van der Waals surface area contributed by atoms with Crippen molar-refractivity contribution < 1.29 is 4.74 Å². The lowest BCUT2D eigenvalue weighted by Gasteiger charge is -2.12. The zero-order chi connectivity index (χ0) is 11.1. The Balaban J connectivity index is 2.35. The highest BCUT2D eigenvalue weighted by Crippen LogP contribution is 2.32. The summed E-state index contributed by atoms with van der Waals surface area (Å²) in [6, 6.07) is 4.36. The van der Waals surface area contributed by atoms with Crippen LogP contribution >= 0.6 is 23.1 Å². The van der Waals surface area contributed by atoms with Crippen LogP contribution in [0.3, 0.4) is 0 Å². The molecule has 0 saturated carbocycles. The Morgan fingerprint density at radius 1 is 1.53 bits per heavy atom. The Hall–Kier alpha value is -0.0300. The average molecular weight is 245 g/mol. The van der Waals surface area contributed by atoms with E-state index >= 15 is 0 Å². The first-order chi connectivity index (χ1) is 7.27. The van der Waals surface area contributed by atoms with Crippen LogP contribution in [0, 0.1) is 6.92 Å². The Bertz CT molecular complexity index is 275. The molecule has 1 heterocycles. The fourth-order valence-electron chi connectivity index (χ4n) is 1.32. The molecule has 0 radical (unpaired) electrons. The molecule has 0 bridgehead atoms. The largest absolute Gasteiger partial charge is 0.385 e. The number of ether oxygens (including phenoxy) is 1. The molecule has 0 amide bonds. The fraction of sp³-hybridized carbons (Fsp3) is 0.636. The van der Waals surface area contributed by atoms with E-state index in [2.05, 4.69) is 19.1 Å². The van der Waals surface area contributed by atoms with Crippen molar-refractivity contribution in [3.8, 4) is 0 Å². The number of hydrogen-bond donors (Lipinski definition) is 1. The van der Waals surface area contributed by atoms with Gasteiger partial charge in [0, 0.05) is 30.0 Å². The molecule has 0 aliphatic carbocycles. The minimum atomic E-state index is 0.459. The van der Waals surface area contributed by atoms with Crippen LogP contribution in [0.2, 0.25) is 0 Å². The molecule has 15 heavy (non-hydrogen) atoms. The smallest absolute Gasteiger partial charge is 0.0513 e. The molecule has 0 aliphatic rings. The molecule has 0 aromatic carbocycles. The number of nitrogens with two attached hydrogens (primary N) is 1. The topological polar surface area (TPSA) is 35.2 Å². The maximum atomic E-state index is 5.78. The highest BCUT2D eigenvalue weighted by molar-refractivity contribution is 7.99. The molecule has 4 heteroatoms. The van der Waals surface area contributed by atoms with Crippen LogP contribution in [0.15, 0.2) is 12.1 Å². The lowest BCUT2D eigenvalue weighted by Crippen LogP contribution is -2.09. The van der Waals surface area contributed by atoms with Crippen LogP contribution in [-0.2, 0) is 4.74 Å². The summed E-state index contributed by atoms with van der Waals surface area (Å²) in [5, 5.41) is 0.459. The second kappa shape index (κ2) is 7.28. The van der Waals surface area contributed by atoms with Crippen molar-refractivity contribution in [2.75, 3.05) is 26.0 Å². The van der Waals surface area contributed by atoms with Gasteiger partial charge >= 0.3 is 0 Å². The summed E-state index contributed by atoms with van der Waals surface area (Å²) in [7, 11) is 1.74. The molecule has 1 rings (SSSR count). The van der Waals surface area contributed by atoms with E-state index in [0.717, 1.165) is 25.3 Å². The monoisotopic (exact) mass is 245 g/mol. The van der Waals surface area contributed by atoms with E-state index in [1.165, 1.54) is 9.75 Å². The van der Waals surface area contributed by atoms with E-state index in [4.69, 9.17) is 10.5 Å². The molecule has 0 aliphatic heterocycles. The van der Waals surface area contributed by atoms with Gasteiger partial charge in [-0.05, 0) is 31.2 Å². The van der Waals surface area contributed by atoms with E-state index in [1.807, 2.05) is 23.1 Å². The number of hydrogen-bond acceptors (Lipinski definition) is 4. The van der Waals surface area contributed by atoms with E-state index in [9.17, 15) is 0 Å². The van der Waals surface area contributed by atoms with Crippen molar-refractivity contribution in [2.24, 2.45) is 5.73 Å². The number of thiophene rings is 1. The van der Waals surface area contributed by atoms with Gasteiger partial charge in [0.2, 0.25) is 0 Å². The first kappa shape index (κ1) is 13.0. The number of thioether (sulfide) groups is 1. The minimum Gasteiger partial charge on any atom is -0.385 e. The molecule has 1 unspecified atom stereocenters. The molecule has 1 aromatic rings. The highest BCUT2D eigenvalue weighted by Gasteiger charge is 2.11. The molecule has 2 nitrogen and oxygen atoms in total. The van der Waals surface area contributed by atoms with E-state index in [-0.39, 0.29) is 0 Å². The van der Waals surface area contributed by atoms with Gasteiger partial charge in [-0.1, -0.05) is 0 Å². The summed E-state index contributed by atoms with van der Waals surface area (Å²) in [5.41, 5.74) is 5.78. The van der Waals surface area contributed by atoms with Gasteiger partial charge in [0.1, 0.15) is 0 Å². The maximum Gasteiger partial charge on any atom is 0.0513 e. The summed E-state index contributed by atoms with van der Waals surface area (Å²) in [4.78, 5) is 2.76. The van der Waals surface area contributed by atoms with Crippen molar-refractivity contribution >= 4 is 23.1 Å². The summed E-state index contributed by atoms with van der Waals surface area (Å²) in [5.74, 6) is 1.12. The number of aryl methyl sites for hydroxylation is 1. The molecule has 1 aromatic heterocycles. The molecular formula is C11H19NOS2. The standard InChI is InChI=1S/C11H19NOS2/c1-9-4-5-10(15-9)11(8-12)14-7-3-6-13-2/h4-5,11H,3,6-8,12H2,1-2H3. The van der Waals surface area contributed by atoms with Crippen molar-refractivity contribution in [1.82, 2.24) is 0 Å². The van der Waals surface area contributed by atoms with Gasteiger partial charge < -0.3 is 10.5 Å². The lowest BCUT2D eigenvalue weighted by atomic mass is 10.3. The Morgan fingerprint density at radius 2 is 2.33 bits per heavy atom. The van der Waals surface area contributed by atoms with E-state index < -0.39 is 0 Å². The van der Waals surface area contributed by atoms with Crippen LogP contribution in [-0.4, -0.2) is 26.0 Å². The van der Waals surface area contributed by atoms with Crippen LogP contribution in [0.5, 0.6) is 0 Å². The normalized spacial score (nSPS) is 13.0. The molecule has 0 saturated heterocycles. The van der Waals surface area contributed by atoms with Crippen molar-refractivity contribution in [1.29, 1.82) is 0 Å². The van der Waals surface area contributed by atoms with Crippen molar-refractivity contribution in [3.63, 3.8) is 0 Å². The summed E-state index contributed by atoms with van der Waals surface area (Å²) >= 11 is 3.79. The Labute approximate surface area is 100 Å². The Morgan fingerprint density at radius 3 is 2.87 bits per heavy atom. The number of rotatable bonds is 7. The molecular weight excluding hydrogens is 226 g/mol. The second-order valence-electron chi connectivity index (χ2n) is 3.39. The molecule has 2 N–H and O–H groups in total. The third-order valence-corrected chi connectivity index (χ3v) is 4.74.